The lowest BCUT2D eigenvalue weighted by Crippen LogP contribution is -2.30. The van der Waals surface area contributed by atoms with Crippen molar-refractivity contribution in [3.05, 3.63) is 91.6 Å². The van der Waals surface area contributed by atoms with Gasteiger partial charge in [-0.15, -0.1) is 0 Å². The van der Waals surface area contributed by atoms with Gasteiger partial charge in [-0.25, -0.2) is 18.5 Å². The molecule has 0 radical (unpaired) electrons. The minimum absolute atomic E-state index is 0.0183. The van der Waals surface area contributed by atoms with Gasteiger partial charge in [0.15, 0.2) is 5.82 Å². The highest BCUT2D eigenvalue weighted by molar-refractivity contribution is 9.10. The van der Waals surface area contributed by atoms with Crippen molar-refractivity contribution >= 4 is 78.9 Å². The van der Waals surface area contributed by atoms with Crippen LogP contribution < -0.4 is 4.72 Å². The summed E-state index contributed by atoms with van der Waals surface area (Å²) < 4.78 is 47.6. The number of carbonyl (C=O) groups excluding carboxylic acids is 2. The van der Waals surface area contributed by atoms with Gasteiger partial charge >= 0.3 is 0 Å². The number of benzene rings is 2. The lowest BCUT2D eigenvalue weighted by molar-refractivity contribution is 0.0964. The maximum atomic E-state index is 15.6. The fourth-order valence-corrected chi connectivity index (χ4v) is 6.88. The van der Waals surface area contributed by atoms with Crippen molar-refractivity contribution in [3.8, 4) is 0 Å². The molecule has 12 heteroatoms. The van der Waals surface area contributed by atoms with Gasteiger partial charge in [0.1, 0.15) is 22.4 Å². The largest absolute Gasteiger partial charge is 0.593 e. The van der Waals surface area contributed by atoms with Crippen molar-refractivity contribution < 1.29 is 22.9 Å². The Hall–Kier alpha value is -2.50. The highest BCUT2D eigenvalue weighted by Gasteiger charge is 2.31. The molecule has 1 unspecified atom stereocenters. The Morgan fingerprint density at radius 2 is 1.77 bits per heavy atom. The third-order valence-corrected chi connectivity index (χ3v) is 9.20. The zero-order valence-electron chi connectivity index (χ0n) is 20.1. The van der Waals surface area contributed by atoms with Crippen LogP contribution in [-0.2, 0) is 11.4 Å². The molecule has 0 aliphatic heterocycles. The zero-order chi connectivity index (χ0) is 27.8. The minimum Gasteiger partial charge on any atom is -0.593 e. The number of aromatic nitrogens is 2. The molecule has 2 aromatic carbocycles. The molecule has 1 fully saturated rings. The van der Waals surface area contributed by atoms with Crippen molar-refractivity contribution in [1.29, 1.82) is 0 Å². The van der Waals surface area contributed by atoms with E-state index in [1.807, 2.05) is 0 Å². The Labute approximate surface area is 244 Å². The smallest absolute Gasteiger partial charge is 0.266 e. The number of anilines is 1. The van der Waals surface area contributed by atoms with Crippen molar-refractivity contribution in [3.63, 3.8) is 0 Å². The summed E-state index contributed by atoms with van der Waals surface area (Å²) in [6, 6.07) is 8.13. The summed E-state index contributed by atoms with van der Waals surface area (Å²) in [4.78, 5) is 31.4. The average Bonchev–Trinajstić information content (AvgIpc) is 3.29. The molecule has 6 nitrogen and oxygen atoms in total. The maximum absolute atomic E-state index is 15.6. The fourth-order valence-electron chi connectivity index (χ4n) is 4.69. The highest BCUT2D eigenvalue weighted by Crippen LogP contribution is 2.33. The number of nitrogens with zero attached hydrogens (tertiary/aromatic N) is 2. The Bertz CT molecular complexity index is 1590. The van der Waals surface area contributed by atoms with Crippen LogP contribution >= 0.6 is 39.1 Å². The van der Waals surface area contributed by atoms with Crippen molar-refractivity contribution in [2.45, 2.75) is 37.4 Å². The van der Waals surface area contributed by atoms with Crippen LogP contribution in [0.4, 0.5) is 14.5 Å². The summed E-state index contributed by atoms with van der Waals surface area (Å²) in [5.74, 6) is -3.97. The molecule has 2 heterocycles. The van der Waals surface area contributed by atoms with Crippen LogP contribution in [0.2, 0.25) is 10.0 Å². The molecule has 0 spiro atoms. The van der Waals surface area contributed by atoms with Crippen LogP contribution in [0.5, 0.6) is 0 Å². The highest BCUT2D eigenvalue weighted by atomic mass is 79.9. The maximum Gasteiger partial charge on any atom is 0.266 e. The predicted molar refractivity (Wildman–Crippen MR) is 152 cm³/mol. The van der Waals surface area contributed by atoms with Gasteiger partial charge in [-0.05, 0) is 71.9 Å². The summed E-state index contributed by atoms with van der Waals surface area (Å²) in [5, 5.41) is 0.183. The second kappa shape index (κ2) is 11.5. The van der Waals surface area contributed by atoms with Gasteiger partial charge in [0.05, 0.1) is 38.1 Å². The van der Waals surface area contributed by atoms with Crippen molar-refractivity contribution in [2.75, 3.05) is 4.72 Å². The number of nitrogens with one attached hydrogen (secondary N) is 1. The van der Waals surface area contributed by atoms with E-state index in [0.717, 1.165) is 55.0 Å². The van der Waals surface area contributed by atoms with Gasteiger partial charge in [-0.1, -0.05) is 35.7 Å². The summed E-state index contributed by atoms with van der Waals surface area (Å²) >= 11 is 14.1. The molecule has 0 saturated heterocycles. The van der Waals surface area contributed by atoms with Crippen LogP contribution in [0.25, 0.3) is 11.0 Å². The van der Waals surface area contributed by atoms with E-state index in [1.54, 1.807) is 6.07 Å². The molecule has 202 valence electrons. The van der Waals surface area contributed by atoms with Gasteiger partial charge in [-0.2, -0.15) is 0 Å². The van der Waals surface area contributed by atoms with Crippen LogP contribution in [0, 0.1) is 11.6 Å². The van der Waals surface area contributed by atoms with Gasteiger partial charge in [-0.3, -0.25) is 14.2 Å². The number of rotatable bonds is 6. The molecular formula is C27H20BrCl2F2N3O3S. The van der Waals surface area contributed by atoms with Gasteiger partial charge in [0, 0.05) is 22.3 Å². The third-order valence-electron chi connectivity index (χ3n) is 6.63. The van der Waals surface area contributed by atoms with Crippen LogP contribution in [-0.4, -0.2) is 31.0 Å². The zero-order valence-corrected chi connectivity index (χ0v) is 24.1. The van der Waals surface area contributed by atoms with E-state index in [4.69, 9.17) is 23.2 Å². The minimum atomic E-state index is -1.61. The molecule has 2 aromatic heterocycles. The Balaban J connectivity index is 1.58. The van der Waals surface area contributed by atoms with Crippen LogP contribution in [0.15, 0.2) is 53.3 Å². The average molecular weight is 655 g/mol. The first kappa shape index (κ1) is 28.0. The Morgan fingerprint density at radius 1 is 1.08 bits per heavy atom. The molecule has 1 aliphatic carbocycles. The van der Waals surface area contributed by atoms with Gasteiger partial charge in [0.2, 0.25) is 5.78 Å². The molecule has 4 aromatic rings. The number of hydrogen-bond acceptors (Lipinski definition) is 5. The van der Waals surface area contributed by atoms with E-state index in [-0.39, 0.29) is 43.1 Å². The quantitative estimate of drug-likeness (QED) is 0.170. The first-order valence-corrected chi connectivity index (χ1v) is 14.8. The first-order valence-electron chi connectivity index (χ1n) is 12.0. The summed E-state index contributed by atoms with van der Waals surface area (Å²) in [6.07, 6.45) is 6.96. The molecule has 1 aliphatic rings. The molecule has 1 atom stereocenters. The molecule has 5 rings (SSSR count). The number of fused-ring (bicyclic) bond motifs is 1. The number of ketones is 1. The lowest BCUT2D eigenvalue weighted by atomic mass is 10.0. The van der Waals surface area contributed by atoms with Crippen LogP contribution in [0.1, 0.15) is 58.4 Å². The molecule has 1 N–H and O–H groups in total. The standard InChI is InChI=1S/C27H20BrCl2F2N3O3S/c28-14-11-16-17(13-35(26(16)33-12-14)27(37)22-18(29)7-4-8-19(22)30)25(36)23-20(31)9-10-21(24(23)32)34-39(38)15-5-2-1-3-6-15/h4,7-13,15,34H,1-3,5-6H2. The molecule has 39 heavy (non-hydrogen) atoms. The predicted octanol–water partition coefficient (Wildman–Crippen LogP) is 7.71. The second-order valence-electron chi connectivity index (χ2n) is 9.11. The van der Waals surface area contributed by atoms with Gasteiger partial charge in [0.25, 0.3) is 5.91 Å². The second-order valence-corrected chi connectivity index (χ2v) is 12.3. The third kappa shape index (κ3) is 5.45. The summed E-state index contributed by atoms with van der Waals surface area (Å²) in [7, 11) is 0. The van der Waals surface area contributed by atoms with Crippen molar-refractivity contribution in [2.24, 2.45) is 0 Å². The van der Waals surface area contributed by atoms with E-state index in [9.17, 15) is 18.5 Å². The van der Waals surface area contributed by atoms with E-state index >= 15 is 4.39 Å². The lowest BCUT2D eigenvalue weighted by Gasteiger charge is -2.25. The van der Waals surface area contributed by atoms with E-state index in [1.165, 1.54) is 24.4 Å². The van der Waals surface area contributed by atoms with Gasteiger partial charge < -0.3 is 4.55 Å². The fraction of sp³-hybridized carbons (Fsp3) is 0.222. The Morgan fingerprint density at radius 3 is 2.46 bits per heavy atom. The number of halogens is 5. The van der Waals surface area contributed by atoms with E-state index in [2.05, 4.69) is 25.6 Å². The molecule has 0 bridgehead atoms. The number of pyridine rings is 1. The first-order chi connectivity index (χ1) is 18.7. The number of hydrogen-bond donors (Lipinski definition) is 1. The molecular weight excluding hydrogens is 635 g/mol. The Kier molecular flexibility index (Phi) is 8.30. The normalized spacial score (nSPS) is 14.9. The van der Waals surface area contributed by atoms with Crippen molar-refractivity contribution in [1.82, 2.24) is 9.55 Å². The van der Waals surface area contributed by atoms with Crippen LogP contribution in [0.3, 0.4) is 0 Å². The molecule has 1 saturated carbocycles. The monoisotopic (exact) mass is 653 g/mol. The summed E-state index contributed by atoms with van der Waals surface area (Å²) in [6.45, 7) is 0. The SMILES string of the molecule is O=C(c1c(F)ccc(N[S+]([O-])C2CCCCC2)c1F)c1cn(C(=O)c2c(Cl)cccc2Cl)c2ncc(Br)cc12. The summed E-state index contributed by atoms with van der Waals surface area (Å²) in [5.41, 5.74) is -1.21. The number of carbonyl (C=O) groups is 2. The van der Waals surface area contributed by atoms with E-state index in [0.29, 0.717) is 4.47 Å². The topological polar surface area (TPSA) is 87.0 Å². The van der Waals surface area contributed by atoms with E-state index < -0.39 is 40.3 Å². The molecule has 0 amide bonds.